The second-order valence-corrected chi connectivity index (χ2v) is 7.59. The minimum Gasteiger partial charge on any atom is -0.341 e. The van der Waals surface area contributed by atoms with Crippen LogP contribution in [0.1, 0.15) is 30.7 Å². The molecule has 0 atom stereocenters. The van der Waals surface area contributed by atoms with Crippen molar-refractivity contribution in [2.75, 3.05) is 24.5 Å². The van der Waals surface area contributed by atoms with Crippen LogP contribution in [0.2, 0.25) is 0 Å². The van der Waals surface area contributed by atoms with E-state index in [1.165, 1.54) is 5.56 Å². The van der Waals surface area contributed by atoms with E-state index >= 15 is 0 Å². The number of hydrogen-bond donors (Lipinski definition) is 2. The van der Waals surface area contributed by atoms with Crippen LogP contribution in [0.15, 0.2) is 42.6 Å². The van der Waals surface area contributed by atoms with Gasteiger partial charge in [-0.15, -0.1) is 0 Å². The Morgan fingerprint density at radius 3 is 2.85 bits per heavy atom. The highest BCUT2D eigenvalue weighted by Crippen LogP contribution is 2.46. The molecule has 2 aliphatic rings. The zero-order chi connectivity index (χ0) is 18.3. The third-order valence-electron chi connectivity index (χ3n) is 5.97. The molecule has 0 saturated carbocycles. The molecule has 0 unspecified atom stereocenters. The maximum Gasteiger partial charge on any atom is 0.227 e. The van der Waals surface area contributed by atoms with Crippen molar-refractivity contribution in [3.63, 3.8) is 0 Å². The number of H-pyrrole nitrogens is 1. The first-order valence-corrected chi connectivity index (χ1v) is 9.65. The van der Waals surface area contributed by atoms with Gasteiger partial charge in [0.05, 0.1) is 5.52 Å². The average Bonchev–Trinajstić information content (AvgIpc) is 3.27. The van der Waals surface area contributed by atoms with Crippen molar-refractivity contribution in [3.8, 4) is 0 Å². The van der Waals surface area contributed by atoms with Gasteiger partial charge in [0.25, 0.3) is 0 Å². The van der Waals surface area contributed by atoms with Gasteiger partial charge in [-0.05, 0) is 49.7 Å². The predicted molar refractivity (Wildman–Crippen MR) is 105 cm³/mol. The van der Waals surface area contributed by atoms with Crippen molar-refractivity contribution in [1.29, 1.82) is 0 Å². The molecule has 4 heterocycles. The number of imidazole rings is 1. The molecule has 6 nitrogen and oxygen atoms in total. The van der Waals surface area contributed by atoms with E-state index < -0.39 is 0 Å². The van der Waals surface area contributed by atoms with Crippen LogP contribution in [0.4, 0.5) is 5.69 Å². The summed E-state index contributed by atoms with van der Waals surface area (Å²) in [6.45, 7) is 2.83. The van der Waals surface area contributed by atoms with E-state index in [4.69, 9.17) is 0 Å². The van der Waals surface area contributed by atoms with Crippen LogP contribution in [0.25, 0.3) is 11.2 Å². The highest BCUT2D eigenvalue weighted by Gasteiger charge is 2.44. The fourth-order valence-corrected chi connectivity index (χ4v) is 4.56. The fourth-order valence-electron chi connectivity index (χ4n) is 4.56. The Labute approximate surface area is 158 Å². The van der Waals surface area contributed by atoms with Crippen LogP contribution in [0, 0.1) is 0 Å². The topological polar surface area (TPSA) is 73.9 Å². The number of hydrogen-bond acceptors (Lipinski definition) is 4. The van der Waals surface area contributed by atoms with Crippen LogP contribution in [-0.4, -0.2) is 40.5 Å². The van der Waals surface area contributed by atoms with E-state index in [0.717, 1.165) is 49.5 Å². The summed E-state index contributed by atoms with van der Waals surface area (Å²) in [7, 11) is 0. The Morgan fingerprint density at radius 1 is 1.15 bits per heavy atom. The van der Waals surface area contributed by atoms with Crippen molar-refractivity contribution in [2.24, 2.45) is 0 Å². The zero-order valence-corrected chi connectivity index (χ0v) is 15.2. The zero-order valence-electron chi connectivity index (χ0n) is 15.2. The van der Waals surface area contributed by atoms with Gasteiger partial charge in [-0.3, -0.25) is 4.79 Å². The largest absolute Gasteiger partial charge is 0.341 e. The third-order valence-corrected chi connectivity index (χ3v) is 5.97. The molecule has 1 spiro atoms. The number of aromatic amines is 1. The molecule has 27 heavy (non-hydrogen) atoms. The Hall–Kier alpha value is -2.73. The summed E-state index contributed by atoms with van der Waals surface area (Å²) < 4.78 is 0. The number of piperidine rings is 1. The highest BCUT2D eigenvalue weighted by molar-refractivity contribution is 5.96. The molecule has 0 radical (unpaired) electrons. The number of fused-ring (bicyclic) bond motifs is 3. The summed E-state index contributed by atoms with van der Waals surface area (Å²) in [6.07, 6.45) is 4.95. The fraction of sp³-hybridized carbons (Fsp3) is 0.381. The number of carbonyl (C=O) groups is 1. The predicted octanol–water partition coefficient (Wildman–Crippen LogP) is 2.56. The molecule has 1 saturated heterocycles. The molecule has 1 aromatic carbocycles. The van der Waals surface area contributed by atoms with Gasteiger partial charge in [0.1, 0.15) is 5.82 Å². The van der Waals surface area contributed by atoms with E-state index in [2.05, 4.69) is 38.5 Å². The Kier molecular flexibility index (Phi) is 3.93. The van der Waals surface area contributed by atoms with Crippen LogP contribution in [0.3, 0.4) is 0 Å². The number of pyridine rings is 1. The summed E-state index contributed by atoms with van der Waals surface area (Å²) in [6, 6.07) is 12.3. The van der Waals surface area contributed by atoms with Crippen LogP contribution in [0.5, 0.6) is 0 Å². The Balaban J connectivity index is 1.35. The minimum absolute atomic E-state index is 0.112. The van der Waals surface area contributed by atoms with Crippen molar-refractivity contribution in [3.05, 3.63) is 54.0 Å². The van der Waals surface area contributed by atoms with Gasteiger partial charge < -0.3 is 15.2 Å². The Bertz CT molecular complexity index is 956. The van der Waals surface area contributed by atoms with Crippen molar-refractivity contribution in [2.45, 2.75) is 31.1 Å². The number of aryl methyl sites for hydroxylation is 1. The van der Waals surface area contributed by atoms with Crippen molar-refractivity contribution in [1.82, 2.24) is 20.3 Å². The first kappa shape index (κ1) is 16.4. The van der Waals surface area contributed by atoms with E-state index in [1.54, 1.807) is 6.20 Å². The van der Waals surface area contributed by atoms with Crippen LogP contribution in [-0.2, 0) is 16.6 Å². The first-order valence-electron chi connectivity index (χ1n) is 9.65. The highest BCUT2D eigenvalue weighted by atomic mass is 16.2. The number of benzene rings is 1. The molecule has 0 aliphatic carbocycles. The number of aromatic nitrogens is 3. The molecular weight excluding hydrogens is 338 g/mol. The van der Waals surface area contributed by atoms with Gasteiger partial charge in [0.15, 0.2) is 5.65 Å². The lowest BCUT2D eigenvalue weighted by Gasteiger charge is -2.34. The van der Waals surface area contributed by atoms with Crippen LogP contribution >= 0.6 is 0 Å². The standard InChI is InChI=1S/C21H23N5O/c27-19(8-7-18-24-16-5-3-11-23-20(16)25-18)26-14-21(9-12-22-13-10-21)15-4-1-2-6-17(15)26/h1-6,11,22H,7-10,12-14H2,(H,23,24,25). The molecule has 0 bridgehead atoms. The minimum atomic E-state index is 0.112. The van der Waals surface area contributed by atoms with E-state index in [-0.39, 0.29) is 11.3 Å². The number of nitrogens with zero attached hydrogens (tertiary/aromatic N) is 3. The van der Waals surface area contributed by atoms with E-state index in [0.29, 0.717) is 18.5 Å². The normalized spacial score (nSPS) is 18.1. The second kappa shape index (κ2) is 6.46. The molecule has 1 fully saturated rings. The Morgan fingerprint density at radius 2 is 2.00 bits per heavy atom. The van der Waals surface area contributed by atoms with Gasteiger partial charge in [-0.25, -0.2) is 9.97 Å². The second-order valence-electron chi connectivity index (χ2n) is 7.59. The third kappa shape index (κ3) is 2.80. The smallest absolute Gasteiger partial charge is 0.227 e. The van der Waals surface area contributed by atoms with Gasteiger partial charge >= 0.3 is 0 Å². The van der Waals surface area contributed by atoms with E-state index in [1.807, 2.05) is 23.1 Å². The molecule has 2 aliphatic heterocycles. The van der Waals surface area contributed by atoms with Gasteiger partial charge in [0.2, 0.25) is 5.91 Å². The molecule has 1 amide bonds. The van der Waals surface area contributed by atoms with E-state index in [9.17, 15) is 4.79 Å². The quantitative estimate of drug-likeness (QED) is 0.752. The summed E-state index contributed by atoms with van der Waals surface area (Å²) in [5, 5.41) is 3.45. The lowest BCUT2D eigenvalue weighted by Crippen LogP contribution is -2.44. The number of anilines is 1. The lowest BCUT2D eigenvalue weighted by atomic mass is 9.75. The number of amides is 1. The SMILES string of the molecule is O=C(CCc1nc2ncccc2[nH]1)N1CC2(CCNCC2)c2ccccc21. The molecule has 138 valence electrons. The molecule has 3 aromatic rings. The summed E-state index contributed by atoms with van der Waals surface area (Å²) >= 11 is 0. The van der Waals surface area contributed by atoms with Gasteiger partial charge in [0, 0.05) is 36.7 Å². The van der Waals surface area contributed by atoms with Gasteiger partial charge in [-0.1, -0.05) is 18.2 Å². The average molecular weight is 361 g/mol. The summed E-state index contributed by atoms with van der Waals surface area (Å²) in [5.41, 5.74) is 4.17. The summed E-state index contributed by atoms with van der Waals surface area (Å²) in [4.78, 5) is 27.1. The maximum atomic E-state index is 13.1. The van der Waals surface area contributed by atoms with Gasteiger partial charge in [-0.2, -0.15) is 0 Å². The molecule has 2 N–H and O–H groups in total. The monoisotopic (exact) mass is 361 g/mol. The van der Waals surface area contributed by atoms with Crippen molar-refractivity contribution < 1.29 is 4.79 Å². The van der Waals surface area contributed by atoms with Crippen molar-refractivity contribution >= 4 is 22.8 Å². The number of rotatable bonds is 3. The lowest BCUT2D eigenvalue weighted by molar-refractivity contribution is -0.118. The maximum absolute atomic E-state index is 13.1. The molecule has 6 heteroatoms. The summed E-state index contributed by atoms with van der Waals surface area (Å²) in [5.74, 6) is 0.993. The number of para-hydroxylation sites is 1. The number of carbonyl (C=O) groups excluding carboxylic acids is 1. The molecule has 2 aromatic heterocycles. The number of nitrogens with one attached hydrogen (secondary N) is 2. The molecule has 5 rings (SSSR count). The van der Waals surface area contributed by atoms with Crippen LogP contribution < -0.4 is 10.2 Å². The molecular formula is C21H23N5O. The first-order chi connectivity index (χ1) is 13.3.